The summed E-state index contributed by atoms with van der Waals surface area (Å²) in [6.07, 6.45) is 0. The van der Waals surface area contributed by atoms with E-state index in [1.54, 1.807) is 32.4 Å². The van der Waals surface area contributed by atoms with Gasteiger partial charge in [-0.15, -0.1) is 0 Å². The molecule has 5 heteroatoms. The highest BCUT2D eigenvalue weighted by molar-refractivity contribution is 9.10. The molecule has 0 aliphatic rings. The van der Waals surface area contributed by atoms with Gasteiger partial charge in [-0.2, -0.15) is 5.26 Å². The molecular weight excluding hydrogens is 308 g/mol. The zero-order valence-electron chi connectivity index (χ0n) is 10.5. The molecule has 0 saturated heterocycles. The third kappa shape index (κ3) is 2.69. The fraction of sp³-hybridized carbons (Fsp3) is 0.143. The highest BCUT2D eigenvalue weighted by Crippen LogP contribution is 2.35. The lowest BCUT2D eigenvalue weighted by molar-refractivity contribution is 0.343. The molecule has 0 spiro atoms. The fourth-order valence-electron chi connectivity index (χ4n) is 1.65. The van der Waals surface area contributed by atoms with E-state index >= 15 is 0 Å². The fourth-order valence-corrected chi connectivity index (χ4v) is 2.18. The van der Waals surface area contributed by atoms with Gasteiger partial charge in [-0.1, -0.05) is 12.1 Å². The number of pyridine rings is 1. The van der Waals surface area contributed by atoms with Crippen LogP contribution in [-0.4, -0.2) is 19.2 Å². The molecule has 96 valence electrons. The molecule has 4 nitrogen and oxygen atoms in total. The van der Waals surface area contributed by atoms with Gasteiger partial charge in [0, 0.05) is 16.1 Å². The second-order valence-corrected chi connectivity index (χ2v) is 4.57. The van der Waals surface area contributed by atoms with Crippen LogP contribution in [-0.2, 0) is 0 Å². The van der Waals surface area contributed by atoms with E-state index in [4.69, 9.17) is 14.7 Å². The number of ether oxygens (including phenoxy) is 2. The zero-order chi connectivity index (χ0) is 13.8. The van der Waals surface area contributed by atoms with Crippen LogP contribution in [0.1, 0.15) is 5.56 Å². The van der Waals surface area contributed by atoms with Gasteiger partial charge in [0.15, 0.2) is 5.75 Å². The maximum Gasteiger partial charge on any atom is 0.257 e. The van der Waals surface area contributed by atoms with Gasteiger partial charge >= 0.3 is 0 Å². The Kier molecular flexibility index (Phi) is 4.03. The van der Waals surface area contributed by atoms with Crippen molar-refractivity contribution < 1.29 is 9.47 Å². The van der Waals surface area contributed by atoms with E-state index in [2.05, 4.69) is 27.0 Å². The summed E-state index contributed by atoms with van der Waals surface area (Å²) < 4.78 is 11.2. The van der Waals surface area contributed by atoms with Crippen molar-refractivity contribution in [1.82, 2.24) is 4.98 Å². The van der Waals surface area contributed by atoms with Crippen LogP contribution in [0, 0.1) is 11.3 Å². The second-order valence-electron chi connectivity index (χ2n) is 3.72. The molecule has 0 amide bonds. The van der Waals surface area contributed by atoms with Gasteiger partial charge in [0.25, 0.3) is 5.88 Å². The third-order valence-corrected chi connectivity index (χ3v) is 3.21. The van der Waals surface area contributed by atoms with E-state index in [0.717, 1.165) is 15.7 Å². The van der Waals surface area contributed by atoms with Crippen LogP contribution < -0.4 is 9.47 Å². The summed E-state index contributed by atoms with van der Waals surface area (Å²) in [4.78, 5) is 4.41. The van der Waals surface area contributed by atoms with Gasteiger partial charge < -0.3 is 9.47 Å². The van der Waals surface area contributed by atoms with Crippen molar-refractivity contribution in [2.24, 2.45) is 0 Å². The first kappa shape index (κ1) is 13.4. The van der Waals surface area contributed by atoms with Gasteiger partial charge in [-0.05, 0) is 28.1 Å². The first-order valence-electron chi connectivity index (χ1n) is 5.48. The number of nitrogens with zero attached hydrogens (tertiary/aromatic N) is 2. The number of rotatable bonds is 3. The van der Waals surface area contributed by atoms with Crippen molar-refractivity contribution in [2.75, 3.05) is 14.2 Å². The topological polar surface area (TPSA) is 55.1 Å². The highest BCUT2D eigenvalue weighted by Gasteiger charge is 2.12. The number of benzene rings is 1. The van der Waals surface area contributed by atoms with Gasteiger partial charge in [-0.25, -0.2) is 4.98 Å². The Bertz CT molecular complexity index is 633. The van der Waals surface area contributed by atoms with Gasteiger partial charge in [-0.3, -0.25) is 0 Å². The van der Waals surface area contributed by atoms with Crippen LogP contribution in [0.4, 0.5) is 0 Å². The first-order chi connectivity index (χ1) is 9.19. The Balaban J connectivity index is 2.52. The minimum absolute atomic E-state index is 0.421. The highest BCUT2D eigenvalue weighted by atomic mass is 79.9. The minimum atomic E-state index is 0.421. The lowest BCUT2D eigenvalue weighted by atomic mass is 10.1. The largest absolute Gasteiger partial charge is 0.491 e. The number of aromatic nitrogens is 1. The Hall–Kier alpha value is -2.06. The molecule has 2 rings (SSSR count). The van der Waals surface area contributed by atoms with Gasteiger partial charge in [0.1, 0.15) is 0 Å². The molecule has 0 aliphatic carbocycles. The van der Waals surface area contributed by atoms with Gasteiger partial charge in [0.2, 0.25) is 0 Å². The standard InChI is InChI=1S/C14H11BrN2O2/c1-18-12-7-11(15)13(17-14(12)19-2)10-5-3-9(8-16)4-6-10/h3-7H,1-2H3. The Labute approximate surface area is 119 Å². The second kappa shape index (κ2) is 5.72. The molecule has 19 heavy (non-hydrogen) atoms. The van der Waals surface area contributed by atoms with Crippen LogP contribution in [0.15, 0.2) is 34.8 Å². The summed E-state index contributed by atoms with van der Waals surface area (Å²) in [6.45, 7) is 0. The van der Waals surface area contributed by atoms with Crippen LogP contribution >= 0.6 is 15.9 Å². The molecular formula is C14H11BrN2O2. The molecule has 1 aromatic heterocycles. The summed E-state index contributed by atoms with van der Waals surface area (Å²) in [5, 5.41) is 8.79. The normalized spacial score (nSPS) is 9.79. The first-order valence-corrected chi connectivity index (χ1v) is 6.28. The van der Waals surface area contributed by atoms with Crippen molar-refractivity contribution in [1.29, 1.82) is 5.26 Å². The van der Waals surface area contributed by atoms with Crippen LogP contribution in [0.3, 0.4) is 0 Å². The summed E-state index contributed by atoms with van der Waals surface area (Å²) >= 11 is 3.46. The lowest BCUT2D eigenvalue weighted by Gasteiger charge is -2.10. The SMILES string of the molecule is COc1cc(Br)c(-c2ccc(C#N)cc2)nc1OC. The smallest absolute Gasteiger partial charge is 0.257 e. The Morgan fingerprint density at radius 1 is 1.16 bits per heavy atom. The molecule has 0 unspecified atom stereocenters. The maximum atomic E-state index is 8.79. The molecule has 0 radical (unpaired) electrons. The molecule has 1 aromatic carbocycles. The van der Waals surface area contributed by atoms with E-state index in [-0.39, 0.29) is 0 Å². The monoisotopic (exact) mass is 318 g/mol. The summed E-state index contributed by atoms with van der Waals surface area (Å²) in [5.74, 6) is 0.983. The number of hydrogen-bond acceptors (Lipinski definition) is 4. The minimum Gasteiger partial charge on any atom is -0.491 e. The maximum absolute atomic E-state index is 8.79. The van der Waals surface area contributed by atoms with Crippen molar-refractivity contribution >= 4 is 15.9 Å². The number of halogens is 1. The molecule has 2 aromatic rings. The lowest BCUT2D eigenvalue weighted by Crippen LogP contribution is -1.96. The molecule has 0 N–H and O–H groups in total. The van der Waals surface area contributed by atoms with Crippen LogP contribution in [0.5, 0.6) is 11.6 Å². The molecule has 0 atom stereocenters. The van der Waals surface area contributed by atoms with Crippen LogP contribution in [0.2, 0.25) is 0 Å². The molecule has 1 heterocycles. The average molecular weight is 319 g/mol. The molecule has 0 bridgehead atoms. The van der Waals surface area contributed by atoms with E-state index in [9.17, 15) is 0 Å². The van der Waals surface area contributed by atoms with E-state index in [1.165, 1.54) is 0 Å². The Morgan fingerprint density at radius 2 is 1.84 bits per heavy atom. The van der Waals surface area contributed by atoms with E-state index in [0.29, 0.717) is 17.2 Å². The van der Waals surface area contributed by atoms with Crippen molar-refractivity contribution in [3.8, 4) is 29.0 Å². The average Bonchev–Trinajstić information content (AvgIpc) is 2.47. The van der Waals surface area contributed by atoms with Crippen molar-refractivity contribution in [3.63, 3.8) is 0 Å². The third-order valence-electron chi connectivity index (χ3n) is 2.61. The zero-order valence-corrected chi connectivity index (χ0v) is 12.1. The predicted octanol–water partition coefficient (Wildman–Crippen LogP) is 3.40. The number of nitriles is 1. The van der Waals surface area contributed by atoms with Crippen molar-refractivity contribution in [3.05, 3.63) is 40.4 Å². The molecule has 0 fully saturated rings. The number of hydrogen-bond donors (Lipinski definition) is 0. The van der Waals surface area contributed by atoms with E-state index < -0.39 is 0 Å². The molecule has 0 saturated carbocycles. The predicted molar refractivity (Wildman–Crippen MR) is 75.2 cm³/mol. The summed E-state index contributed by atoms with van der Waals surface area (Å²) in [6, 6.07) is 11.1. The van der Waals surface area contributed by atoms with Gasteiger partial charge in [0.05, 0.1) is 31.5 Å². The summed E-state index contributed by atoms with van der Waals surface area (Å²) in [5.41, 5.74) is 2.24. The summed E-state index contributed by atoms with van der Waals surface area (Å²) in [7, 11) is 3.11. The van der Waals surface area contributed by atoms with E-state index in [1.807, 2.05) is 12.1 Å². The van der Waals surface area contributed by atoms with Crippen LogP contribution in [0.25, 0.3) is 11.3 Å². The molecule has 0 aliphatic heterocycles. The van der Waals surface area contributed by atoms with Crippen molar-refractivity contribution in [2.45, 2.75) is 0 Å². The Morgan fingerprint density at radius 3 is 2.37 bits per heavy atom. The quantitative estimate of drug-likeness (QED) is 0.870. The number of methoxy groups -OCH3 is 2.